The van der Waals surface area contributed by atoms with Crippen molar-refractivity contribution >= 4 is 5.91 Å². The van der Waals surface area contributed by atoms with Crippen molar-refractivity contribution in [2.75, 3.05) is 26.7 Å². The molecule has 3 heterocycles. The number of piperazine rings is 1. The first-order valence-electron chi connectivity index (χ1n) is 9.34. The molecule has 144 valence electrons. The number of amides is 1. The molecule has 0 spiro atoms. The third-order valence-electron chi connectivity index (χ3n) is 4.83. The molecule has 1 atom stereocenters. The molecule has 3 aromatic rings. The number of rotatable bonds is 4. The lowest BCUT2D eigenvalue weighted by molar-refractivity contribution is 0.0702. The van der Waals surface area contributed by atoms with Crippen LogP contribution in [0.4, 0.5) is 0 Å². The molecule has 1 aliphatic heterocycles. The van der Waals surface area contributed by atoms with Gasteiger partial charge >= 0.3 is 0 Å². The number of hydrogen-bond donors (Lipinski definition) is 1. The Labute approximate surface area is 164 Å². The molecule has 7 heteroatoms. The molecule has 1 aromatic carbocycles. The largest absolute Gasteiger partial charge is 0.481 e. The lowest BCUT2D eigenvalue weighted by Gasteiger charge is -2.31. The van der Waals surface area contributed by atoms with Gasteiger partial charge in [-0.05, 0) is 19.1 Å². The van der Waals surface area contributed by atoms with Crippen molar-refractivity contribution in [1.82, 2.24) is 25.0 Å². The summed E-state index contributed by atoms with van der Waals surface area (Å²) in [6.45, 7) is 4.23. The number of benzene rings is 1. The van der Waals surface area contributed by atoms with Crippen LogP contribution in [-0.2, 0) is 0 Å². The Morgan fingerprint density at radius 3 is 2.71 bits per heavy atom. The second-order valence-corrected chi connectivity index (χ2v) is 6.86. The van der Waals surface area contributed by atoms with Gasteiger partial charge in [0.2, 0.25) is 5.88 Å². The zero-order valence-corrected chi connectivity index (χ0v) is 16.0. The summed E-state index contributed by atoms with van der Waals surface area (Å²) in [7, 11) is 1.58. The van der Waals surface area contributed by atoms with Gasteiger partial charge in [-0.2, -0.15) is 5.10 Å². The van der Waals surface area contributed by atoms with E-state index >= 15 is 0 Å². The molecule has 1 aliphatic rings. The minimum atomic E-state index is -0.0502. The molecule has 1 fully saturated rings. The Morgan fingerprint density at radius 1 is 1.21 bits per heavy atom. The van der Waals surface area contributed by atoms with E-state index in [4.69, 9.17) is 4.74 Å². The summed E-state index contributed by atoms with van der Waals surface area (Å²) in [5, 5.41) is 7.99. The van der Waals surface area contributed by atoms with Crippen LogP contribution in [0.15, 0.2) is 54.7 Å². The molecular formula is C21H23N5O2. The summed E-state index contributed by atoms with van der Waals surface area (Å²) in [5.41, 5.74) is 3.04. The third-order valence-corrected chi connectivity index (χ3v) is 4.83. The first kappa shape index (κ1) is 18.2. The molecule has 1 saturated heterocycles. The van der Waals surface area contributed by atoms with Crippen LogP contribution in [0, 0.1) is 0 Å². The number of ether oxygens (including phenoxy) is 1. The molecule has 1 amide bonds. The number of nitrogens with one attached hydrogen (secondary N) is 1. The van der Waals surface area contributed by atoms with Gasteiger partial charge < -0.3 is 15.0 Å². The van der Waals surface area contributed by atoms with Crippen molar-refractivity contribution in [1.29, 1.82) is 0 Å². The summed E-state index contributed by atoms with van der Waals surface area (Å²) < 4.78 is 6.91. The van der Waals surface area contributed by atoms with Crippen LogP contribution in [0.2, 0.25) is 0 Å². The minimum Gasteiger partial charge on any atom is -0.481 e. The Kier molecular flexibility index (Phi) is 5.08. The normalized spacial score (nSPS) is 16.8. The van der Waals surface area contributed by atoms with Crippen LogP contribution < -0.4 is 10.1 Å². The third kappa shape index (κ3) is 3.61. The average Bonchev–Trinajstić information content (AvgIpc) is 3.19. The molecular weight excluding hydrogens is 354 g/mol. The standard InChI is InChI=1S/C21H23N5O2/c1-15-14-25(11-10-22-15)21(27)18-12-19(16-6-4-3-5-7-16)26(24-18)17-8-9-20(28-2)23-13-17/h3-9,12-13,15,22H,10-11,14H2,1-2H3. The van der Waals surface area contributed by atoms with Crippen LogP contribution in [0.3, 0.4) is 0 Å². The van der Waals surface area contributed by atoms with Crippen molar-refractivity contribution in [3.05, 3.63) is 60.4 Å². The minimum absolute atomic E-state index is 0.0502. The molecule has 0 radical (unpaired) electrons. The lowest BCUT2D eigenvalue weighted by atomic mass is 10.1. The lowest BCUT2D eigenvalue weighted by Crippen LogP contribution is -2.51. The topological polar surface area (TPSA) is 72.3 Å². The zero-order chi connectivity index (χ0) is 19.5. The summed E-state index contributed by atoms with van der Waals surface area (Å²) in [4.78, 5) is 19.2. The van der Waals surface area contributed by atoms with Crippen molar-refractivity contribution in [3.8, 4) is 22.8 Å². The smallest absolute Gasteiger partial charge is 0.274 e. The molecule has 7 nitrogen and oxygen atoms in total. The summed E-state index contributed by atoms with van der Waals surface area (Å²) >= 11 is 0. The van der Waals surface area contributed by atoms with Gasteiger partial charge in [0.25, 0.3) is 5.91 Å². The molecule has 28 heavy (non-hydrogen) atoms. The van der Waals surface area contributed by atoms with E-state index in [1.807, 2.05) is 47.4 Å². The predicted molar refractivity (Wildman–Crippen MR) is 107 cm³/mol. The predicted octanol–water partition coefficient (Wildman–Crippen LogP) is 2.38. The van der Waals surface area contributed by atoms with Crippen LogP contribution in [0.5, 0.6) is 5.88 Å². The van der Waals surface area contributed by atoms with Crippen molar-refractivity contribution < 1.29 is 9.53 Å². The number of carbonyl (C=O) groups excluding carboxylic acids is 1. The van der Waals surface area contributed by atoms with Gasteiger partial charge in [0.1, 0.15) is 0 Å². The highest BCUT2D eigenvalue weighted by Gasteiger charge is 2.25. The fraction of sp³-hybridized carbons (Fsp3) is 0.286. The van der Waals surface area contributed by atoms with Gasteiger partial charge in [-0.15, -0.1) is 0 Å². The maximum absolute atomic E-state index is 13.1. The van der Waals surface area contributed by atoms with E-state index in [2.05, 4.69) is 22.3 Å². The van der Waals surface area contributed by atoms with Gasteiger partial charge in [-0.25, -0.2) is 9.67 Å². The average molecular weight is 377 g/mol. The zero-order valence-electron chi connectivity index (χ0n) is 16.0. The van der Waals surface area contributed by atoms with E-state index in [9.17, 15) is 4.79 Å². The number of nitrogens with zero attached hydrogens (tertiary/aromatic N) is 4. The van der Waals surface area contributed by atoms with E-state index in [0.29, 0.717) is 24.7 Å². The van der Waals surface area contributed by atoms with E-state index in [1.165, 1.54) is 0 Å². The van der Waals surface area contributed by atoms with Gasteiger partial charge in [0.15, 0.2) is 5.69 Å². The van der Waals surface area contributed by atoms with Gasteiger partial charge in [-0.3, -0.25) is 4.79 Å². The molecule has 0 aliphatic carbocycles. The van der Waals surface area contributed by atoms with Crippen LogP contribution in [0.1, 0.15) is 17.4 Å². The van der Waals surface area contributed by atoms with Gasteiger partial charge in [0, 0.05) is 37.3 Å². The SMILES string of the molecule is COc1ccc(-n2nc(C(=O)N3CCNC(C)C3)cc2-c2ccccc2)cn1. The number of hydrogen-bond acceptors (Lipinski definition) is 5. The highest BCUT2D eigenvalue weighted by Crippen LogP contribution is 2.25. The fourth-order valence-electron chi connectivity index (χ4n) is 3.39. The Morgan fingerprint density at radius 2 is 2.04 bits per heavy atom. The number of methoxy groups -OCH3 is 1. The summed E-state index contributed by atoms with van der Waals surface area (Å²) in [6, 6.07) is 15.7. The molecule has 2 aromatic heterocycles. The highest BCUT2D eigenvalue weighted by atomic mass is 16.5. The summed E-state index contributed by atoms with van der Waals surface area (Å²) in [5.74, 6) is 0.481. The van der Waals surface area contributed by atoms with Crippen LogP contribution in [0.25, 0.3) is 16.9 Å². The van der Waals surface area contributed by atoms with Crippen molar-refractivity contribution in [3.63, 3.8) is 0 Å². The Bertz CT molecular complexity index is 953. The van der Waals surface area contributed by atoms with Crippen LogP contribution in [-0.4, -0.2) is 58.4 Å². The number of carbonyl (C=O) groups is 1. The molecule has 4 rings (SSSR count). The quantitative estimate of drug-likeness (QED) is 0.756. The molecule has 1 N–H and O–H groups in total. The molecule has 1 unspecified atom stereocenters. The maximum Gasteiger partial charge on any atom is 0.274 e. The second-order valence-electron chi connectivity index (χ2n) is 6.86. The Balaban J connectivity index is 1.74. The number of aromatic nitrogens is 3. The van der Waals surface area contributed by atoms with E-state index in [1.54, 1.807) is 24.1 Å². The van der Waals surface area contributed by atoms with E-state index in [-0.39, 0.29) is 11.9 Å². The van der Waals surface area contributed by atoms with Gasteiger partial charge in [-0.1, -0.05) is 30.3 Å². The second kappa shape index (κ2) is 7.82. The monoisotopic (exact) mass is 377 g/mol. The highest BCUT2D eigenvalue weighted by molar-refractivity contribution is 5.93. The summed E-state index contributed by atoms with van der Waals surface area (Å²) in [6.07, 6.45) is 1.69. The van der Waals surface area contributed by atoms with Crippen molar-refractivity contribution in [2.45, 2.75) is 13.0 Å². The fourth-order valence-corrected chi connectivity index (χ4v) is 3.39. The van der Waals surface area contributed by atoms with E-state index < -0.39 is 0 Å². The molecule has 0 bridgehead atoms. The number of pyridine rings is 1. The maximum atomic E-state index is 13.1. The first-order chi connectivity index (χ1) is 13.7. The van der Waals surface area contributed by atoms with Gasteiger partial charge in [0.05, 0.1) is 24.7 Å². The molecule has 0 saturated carbocycles. The van der Waals surface area contributed by atoms with Crippen molar-refractivity contribution in [2.24, 2.45) is 0 Å². The van der Waals surface area contributed by atoms with Crippen LogP contribution >= 0.6 is 0 Å². The van der Waals surface area contributed by atoms with E-state index in [0.717, 1.165) is 23.5 Å². The Hall–Kier alpha value is -3.19. The first-order valence-corrected chi connectivity index (χ1v) is 9.34.